The SMILES string of the molecule is CN(Cc1ncncc1C(=O)O)c1cccc(F)c1. The van der Waals surface area contributed by atoms with Gasteiger partial charge in [0, 0.05) is 18.9 Å². The maximum Gasteiger partial charge on any atom is 0.339 e. The number of aromatic nitrogens is 2. The lowest BCUT2D eigenvalue weighted by Gasteiger charge is -2.19. The lowest BCUT2D eigenvalue weighted by molar-refractivity contribution is 0.0694. The van der Waals surface area contributed by atoms with Gasteiger partial charge in [0.2, 0.25) is 0 Å². The van der Waals surface area contributed by atoms with Crippen LogP contribution in [0.15, 0.2) is 36.8 Å². The molecule has 19 heavy (non-hydrogen) atoms. The van der Waals surface area contributed by atoms with Crippen LogP contribution in [0.1, 0.15) is 16.1 Å². The number of nitrogens with zero attached hydrogens (tertiary/aromatic N) is 3. The maximum absolute atomic E-state index is 13.1. The second-order valence-electron chi connectivity index (χ2n) is 4.02. The van der Waals surface area contributed by atoms with Crippen molar-refractivity contribution >= 4 is 11.7 Å². The van der Waals surface area contributed by atoms with Gasteiger partial charge in [-0.25, -0.2) is 19.2 Å². The Bertz CT molecular complexity index is 604. The van der Waals surface area contributed by atoms with Crippen molar-refractivity contribution in [2.24, 2.45) is 0 Å². The Morgan fingerprint density at radius 2 is 2.26 bits per heavy atom. The number of anilines is 1. The zero-order valence-corrected chi connectivity index (χ0v) is 10.2. The predicted molar refractivity (Wildman–Crippen MR) is 67.5 cm³/mol. The van der Waals surface area contributed by atoms with E-state index < -0.39 is 5.97 Å². The molecule has 0 atom stereocenters. The molecule has 0 unspecified atom stereocenters. The predicted octanol–water partition coefficient (Wildman–Crippen LogP) is 1.95. The zero-order valence-electron chi connectivity index (χ0n) is 10.2. The molecule has 0 aliphatic carbocycles. The molecule has 1 heterocycles. The molecule has 0 aliphatic rings. The summed E-state index contributed by atoms with van der Waals surface area (Å²) in [5, 5.41) is 9.03. The Labute approximate surface area is 109 Å². The molecule has 0 radical (unpaired) electrons. The molecular weight excluding hydrogens is 249 g/mol. The summed E-state index contributed by atoms with van der Waals surface area (Å²) in [6, 6.07) is 6.07. The molecule has 0 fully saturated rings. The van der Waals surface area contributed by atoms with Crippen molar-refractivity contribution in [3.8, 4) is 0 Å². The number of hydrogen-bond donors (Lipinski definition) is 1. The van der Waals surface area contributed by atoms with Gasteiger partial charge in [-0.1, -0.05) is 6.07 Å². The Morgan fingerprint density at radius 1 is 1.47 bits per heavy atom. The number of rotatable bonds is 4. The molecule has 1 aromatic heterocycles. The number of carbonyl (C=O) groups is 1. The number of hydrogen-bond acceptors (Lipinski definition) is 4. The van der Waals surface area contributed by atoms with Crippen LogP contribution in [-0.2, 0) is 6.54 Å². The van der Waals surface area contributed by atoms with E-state index in [1.807, 2.05) is 0 Å². The average molecular weight is 261 g/mol. The first-order valence-corrected chi connectivity index (χ1v) is 5.57. The first kappa shape index (κ1) is 12.9. The normalized spacial score (nSPS) is 10.2. The maximum atomic E-state index is 13.1. The van der Waals surface area contributed by atoms with E-state index in [2.05, 4.69) is 9.97 Å². The van der Waals surface area contributed by atoms with E-state index in [-0.39, 0.29) is 17.9 Å². The molecule has 0 amide bonds. The van der Waals surface area contributed by atoms with Crippen LogP contribution < -0.4 is 4.90 Å². The molecule has 0 saturated carbocycles. The molecular formula is C13H12FN3O2. The minimum Gasteiger partial charge on any atom is -0.478 e. The molecule has 98 valence electrons. The third-order valence-corrected chi connectivity index (χ3v) is 2.66. The lowest BCUT2D eigenvalue weighted by Crippen LogP contribution is -2.20. The third kappa shape index (κ3) is 3.04. The monoisotopic (exact) mass is 261 g/mol. The Hall–Kier alpha value is -2.50. The van der Waals surface area contributed by atoms with Gasteiger partial charge in [0.05, 0.1) is 12.2 Å². The van der Waals surface area contributed by atoms with Crippen LogP contribution in [0, 0.1) is 5.82 Å². The number of carboxylic acids is 1. The van der Waals surface area contributed by atoms with Gasteiger partial charge in [-0.2, -0.15) is 0 Å². The zero-order chi connectivity index (χ0) is 13.8. The van der Waals surface area contributed by atoms with Gasteiger partial charge >= 0.3 is 5.97 Å². The van der Waals surface area contributed by atoms with Crippen molar-refractivity contribution in [1.82, 2.24) is 9.97 Å². The summed E-state index contributed by atoms with van der Waals surface area (Å²) < 4.78 is 13.1. The Balaban J connectivity index is 2.24. The highest BCUT2D eigenvalue weighted by Crippen LogP contribution is 2.17. The fourth-order valence-electron chi connectivity index (χ4n) is 1.69. The Morgan fingerprint density at radius 3 is 2.95 bits per heavy atom. The standard InChI is InChI=1S/C13H12FN3O2/c1-17(10-4-2-3-9(14)5-10)7-12-11(13(18)19)6-15-8-16-12/h2-6,8H,7H2,1H3,(H,18,19). The summed E-state index contributed by atoms with van der Waals surface area (Å²) in [5.74, 6) is -1.42. The molecule has 0 aliphatic heterocycles. The molecule has 0 bridgehead atoms. The third-order valence-electron chi connectivity index (χ3n) is 2.66. The van der Waals surface area contributed by atoms with E-state index in [4.69, 9.17) is 5.11 Å². The largest absolute Gasteiger partial charge is 0.478 e. The molecule has 0 saturated heterocycles. The van der Waals surface area contributed by atoms with Gasteiger partial charge in [-0.3, -0.25) is 0 Å². The van der Waals surface area contributed by atoms with E-state index in [1.165, 1.54) is 24.7 Å². The van der Waals surface area contributed by atoms with Gasteiger partial charge < -0.3 is 10.0 Å². The van der Waals surface area contributed by atoms with Crippen LogP contribution in [0.4, 0.5) is 10.1 Å². The van der Waals surface area contributed by atoms with Crippen molar-refractivity contribution in [2.45, 2.75) is 6.54 Å². The van der Waals surface area contributed by atoms with Crippen molar-refractivity contribution in [2.75, 3.05) is 11.9 Å². The summed E-state index contributed by atoms with van der Waals surface area (Å²) in [6.07, 6.45) is 2.55. The fraction of sp³-hybridized carbons (Fsp3) is 0.154. The highest BCUT2D eigenvalue weighted by Gasteiger charge is 2.13. The summed E-state index contributed by atoms with van der Waals surface area (Å²) in [4.78, 5) is 20.4. The highest BCUT2D eigenvalue weighted by molar-refractivity contribution is 5.88. The molecule has 6 heteroatoms. The van der Waals surface area contributed by atoms with Crippen molar-refractivity contribution in [3.05, 3.63) is 53.9 Å². The van der Waals surface area contributed by atoms with Crippen LogP contribution in [0.25, 0.3) is 0 Å². The number of carboxylic acid groups (broad SMARTS) is 1. The average Bonchev–Trinajstić information content (AvgIpc) is 2.39. The van der Waals surface area contributed by atoms with Gasteiger partial charge in [0.1, 0.15) is 17.7 Å². The molecule has 1 aromatic carbocycles. The first-order chi connectivity index (χ1) is 9.08. The van der Waals surface area contributed by atoms with Crippen LogP contribution in [0.2, 0.25) is 0 Å². The first-order valence-electron chi connectivity index (χ1n) is 5.57. The second kappa shape index (κ2) is 5.43. The van der Waals surface area contributed by atoms with Gasteiger partial charge in [0.25, 0.3) is 0 Å². The summed E-state index contributed by atoms with van der Waals surface area (Å²) in [7, 11) is 1.74. The van der Waals surface area contributed by atoms with Crippen LogP contribution in [-0.4, -0.2) is 28.1 Å². The van der Waals surface area contributed by atoms with E-state index in [0.29, 0.717) is 11.4 Å². The number of halogens is 1. The summed E-state index contributed by atoms with van der Waals surface area (Å²) >= 11 is 0. The van der Waals surface area contributed by atoms with Crippen molar-refractivity contribution in [1.29, 1.82) is 0 Å². The van der Waals surface area contributed by atoms with E-state index in [9.17, 15) is 9.18 Å². The molecule has 2 rings (SSSR count). The number of benzene rings is 1. The van der Waals surface area contributed by atoms with Gasteiger partial charge in [0.15, 0.2) is 0 Å². The van der Waals surface area contributed by atoms with Gasteiger partial charge in [-0.15, -0.1) is 0 Å². The van der Waals surface area contributed by atoms with Crippen molar-refractivity contribution < 1.29 is 14.3 Å². The van der Waals surface area contributed by atoms with Crippen LogP contribution >= 0.6 is 0 Å². The van der Waals surface area contributed by atoms with E-state index in [1.54, 1.807) is 24.1 Å². The summed E-state index contributed by atoms with van der Waals surface area (Å²) in [6.45, 7) is 0.258. The van der Waals surface area contributed by atoms with Crippen LogP contribution in [0.3, 0.4) is 0 Å². The quantitative estimate of drug-likeness (QED) is 0.911. The molecule has 1 N–H and O–H groups in total. The van der Waals surface area contributed by atoms with Crippen molar-refractivity contribution in [3.63, 3.8) is 0 Å². The van der Waals surface area contributed by atoms with Crippen LogP contribution in [0.5, 0.6) is 0 Å². The molecule has 0 spiro atoms. The lowest BCUT2D eigenvalue weighted by atomic mass is 10.2. The Kier molecular flexibility index (Phi) is 3.70. The molecule has 2 aromatic rings. The second-order valence-corrected chi connectivity index (χ2v) is 4.02. The summed E-state index contributed by atoms with van der Waals surface area (Å²) in [5.41, 5.74) is 1.08. The van der Waals surface area contributed by atoms with E-state index >= 15 is 0 Å². The molecule has 5 nitrogen and oxygen atoms in total. The number of aromatic carboxylic acids is 1. The minimum atomic E-state index is -1.08. The fourth-order valence-corrected chi connectivity index (χ4v) is 1.69. The minimum absolute atomic E-state index is 0.0470. The van der Waals surface area contributed by atoms with E-state index in [0.717, 1.165) is 0 Å². The topological polar surface area (TPSA) is 66.3 Å². The van der Waals surface area contributed by atoms with Gasteiger partial charge in [-0.05, 0) is 18.2 Å². The smallest absolute Gasteiger partial charge is 0.339 e. The highest BCUT2D eigenvalue weighted by atomic mass is 19.1.